The number of thioether (sulfide) groups is 1. The number of hydrogen-bond donors (Lipinski definition) is 0. The Hall–Kier alpha value is -2.92. The third-order valence-electron chi connectivity index (χ3n) is 4.38. The van der Waals surface area contributed by atoms with Crippen LogP contribution in [0.25, 0.3) is 6.08 Å². The second-order valence-electron chi connectivity index (χ2n) is 6.78. The van der Waals surface area contributed by atoms with Crippen molar-refractivity contribution in [1.29, 1.82) is 0 Å². The highest BCUT2D eigenvalue weighted by molar-refractivity contribution is 8.18. The summed E-state index contributed by atoms with van der Waals surface area (Å²) in [5.74, 6) is 2.71. The summed E-state index contributed by atoms with van der Waals surface area (Å²) in [5, 5.41) is -0.448. The number of benzene rings is 1. The van der Waals surface area contributed by atoms with Crippen LogP contribution in [0.5, 0.6) is 11.5 Å². The van der Waals surface area contributed by atoms with Crippen molar-refractivity contribution in [3.05, 3.63) is 28.7 Å². The SMILES string of the molecule is C#CCOc1ccc(/C=C2\SC(=O)N(CC(=O)N(CCC)CCC)C2=O)cc1OCC. The van der Waals surface area contributed by atoms with Crippen molar-refractivity contribution in [2.75, 3.05) is 32.8 Å². The van der Waals surface area contributed by atoms with Gasteiger partial charge in [0.2, 0.25) is 5.91 Å². The van der Waals surface area contributed by atoms with E-state index in [1.165, 1.54) is 0 Å². The van der Waals surface area contributed by atoms with Crippen LogP contribution in [0, 0.1) is 12.3 Å². The lowest BCUT2D eigenvalue weighted by Gasteiger charge is -2.23. The maximum atomic E-state index is 12.8. The van der Waals surface area contributed by atoms with Gasteiger partial charge in [-0.3, -0.25) is 19.3 Å². The van der Waals surface area contributed by atoms with Crippen molar-refractivity contribution in [2.24, 2.45) is 0 Å². The van der Waals surface area contributed by atoms with Crippen molar-refractivity contribution in [3.63, 3.8) is 0 Å². The summed E-state index contributed by atoms with van der Waals surface area (Å²) in [6.07, 6.45) is 8.48. The number of carbonyl (C=O) groups excluding carboxylic acids is 3. The third kappa shape index (κ3) is 6.53. The molecule has 0 bridgehead atoms. The molecular weight excluding hydrogens is 416 g/mol. The summed E-state index contributed by atoms with van der Waals surface area (Å²) in [4.78, 5) is 40.7. The summed E-state index contributed by atoms with van der Waals surface area (Å²) in [6.45, 7) is 7.32. The lowest BCUT2D eigenvalue weighted by atomic mass is 10.2. The standard InChI is InChI=1S/C23H28N2O5S/c1-5-11-24(12-6-2)21(26)16-25-22(27)20(31-23(25)28)15-17-9-10-18(30-13-7-3)19(14-17)29-8-4/h3,9-10,14-15H,5-6,8,11-13,16H2,1-2,4H3/b20-15-. The summed E-state index contributed by atoms with van der Waals surface area (Å²) in [5.41, 5.74) is 0.673. The molecule has 8 heteroatoms. The van der Waals surface area contributed by atoms with Gasteiger partial charge >= 0.3 is 0 Å². The summed E-state index contributed by atoms with van der Waals surface area (Å²) >= 11 is 0.824. The van der Waals surface area contributed by atoms with E-state index in [9.17, 15) is 14.4 Å². The molecule has 7 nitrogen and oxygen atoms in total. The lowest BCUT2D eigenvalue weighted by Crippen LogP contribution is -2.42. The Labute approximate surface area is 187 Å². The largest absolute Gasteiger partial charge is 0.490 e. The molecule has 1 aliphatic rings. The monoisotopic (exact) mass is 444 g/mol. The molecule has 0 atom stereocenters. The molecule has 1 fully saturated rings. The predicted molar refractivity (Wildman–Crippen MR) is 122 cm³/mol. The molecule has 31 heavy (non-hydrogen) atoms. The first-order valence-corrected chi connectivity index (χ1v) is 11.1. The van der Waals surface area contributed by atoms with Gasteiger partial charge in [-0.15, -0.1) is 6.42 Å². The number of terminal acetylenes is 1. The molecule has 0 spiro atoms. The van der Waals surface area contributed by atoms with E-state index in [4.69, 9.17) is 15.9 Å². The average Bonchev–Trinajstić information content (AvgIpc) is 3.00. The van der Waals surface area contributed by atoms with Crippen LogP contribution in [0.2, 0.25) is 0 Å². The molecular formula is C23H28N2O5S. The lowest BCUT2D eigenvalue weighted by molar-refractivity contribution is -0.135. The van der Waals surface area contributed by atoms with Crippen LogP contribution in [0.3, 0.4) is 0 Å². The molecule has 0 N–H and O–H groups in total. The average molecular weight is 445 g/mol. The van der Waals surface area contributed by atoms with E-state index >= 15 is 0 Å². The Bertz CT molecular complexity index is 884. The van der Waals surface area contributed by atoms with Gasteiger partial charge in [-0.05, 0) is 55.3 Å². The molecule has 1 aromatic rings. The number of hydrogen-bond acceptors (Lipinski definition) is 6. The molecule has 166 valence electrons. The summed E-state index contributed by atoms with van der Waals surface area (Å²) in [6, 6.07) is 5.17. The molecule has 3 amide bonds. The number of rotatable bonds is 11. The Morgan fingerprint density at radius 3 is 2.48 bits per heavy atom. The first kappa shape index (κ1) is 24.4. The second kappa shape index (κ2) is 12.1. The molecule has 0 aromatic heterocycles. The minimum absolute atomic E-state index is 0.111. The third-order valence-corrected chi connectivity index (χ3v) is 5.29. The van der Waals surface area contributed by atoms with Crippen LogP contribution >= 0.6 is 11.8 Å². The zero-order chi connectivity index (χ0) is 22.8. The highest BCUT2D eigenvalue weighted by atomic mass is 32.2. The van der Waals surface area contributed by atoms with E-state index < -0.39 is 11.1 Å². The molecule has 0 saturated carbocycles. The van der Waals surface area contributed by atoms with Crippen molar-refractivity contribution in [1.82, 2.24) is 9.80 Å². The van der Waals surface area contributed by atoms with Gasteiger partial charge in [-0.2, -0.15) is 0 Å². The maximum Gasteiger partial charge on any atom is 0.294 e. The van der Waals surface area contributed by atoms with Gasteiger partial charge in [0.25, 0.3) is 11.1 Å². The van der Waals surface area contributed by atoms with Crippen LogP contribution < -0.4 is 9.47 Å². The summed E-state index contributed by atoms with van der Waals surface area (Å²) < 4.78 is 11.1. The van der Waals surface area contributed by atoms with E-state index in [1.54, 1.807) is 29.2 Å². The van der Waals surface area contributed by atoms with E-state index in [1.807, 2.05) is 20.8 Å². The molecule has 0 unspecified atom stereocenters. The molecule has 2 rings (SSSR count). The predicted octanol–water partition coefficient (Wildman–Crippen LogP) is 3.78. The van der Waals surface area contributed by atoms with Crippen molar-refractivity contribution in [2.45, 2.75) is 33.6 Å². The highest BCUT2D eigenvalue weighted by Gasteiger charge is 2.37. The van der Waals surface area contributed by atoms with Crippen molar-refractivity contribution < 1.29 is 23.9 Å². The normalized spacial score (nSPS) is 14.6. The smallest absolute Gasteiger partial charge is 0.294 e. The zero-order valence-corrected chi connectivity index (χ0v) is 19.0. The zero-order valence-electron chi connectivity index (χ0n) is 18.2. The van der Waals surface area contributed by atoms with Crippen molar-refractivity contribution in [3.8, 4) is 23.8 Å². The number of ether oxygens (including phenoxy) is 2. The quantitative estimate of drug-likeness (QED) is 0.382. The second-order valence-corrected chi connectivity index (χ2v) is 7.77. The Morgan fingerprint density at radius 2 is 1.87 bits per heavy atom. The molecule has 1 heterocycles. The molecule has 1 aliphatic heterocycles. The highest BCUT2D eigenvalue weighted by Crippen LogP contribution is 2.34. The van der Waals surface area contributed by atoms with Crippen LogP contribution in [0.1, 0.15) is 39.2 Å². The fourth-order valence-corrected chi connectivity index (χ4v) is 3.88. The van der Waals surface area contributed by atoms with Gasteiger partial charge in [-0.1, -0.05) is 25.8 Å². The van der Waals surface area contributed by atoms with Crippen LogP contribution in [-0.2, 0) is 9.59 Å². The Morgan fingerprint density at radius 1 is 1.16 bits per heavy atom. The molecule has 0 aliphatic carbocycles. The van der Waals surface area contributed by atoms with Gasteiger partial charge in [0.05, 0.1) is 11.5 Å². The first-order valence-electron chi connectivity index (χ1n) is 10.3. The molecule has 0 radical (unpaired) electrons. The number of nitrogens with zero attached hydrogens (tertiary/aromatic N) is 2. The van der Waals surface area contributed by atoms with E-state index in [0.29, 0.717) is 36.8 Å². The topological polar surface area (TPSA) is 76.2 Å². The molecule has 1 saturated heterocycles. The van der Waals surface area contributed by atoms with Crippen LogP contribution in [-0.4, -0.2) is 59.7 Å². The summed E-state index contributed by atoms with van der Waals surface area (Å²) in [7, 11) is 0. The number of imide groups is 1. The van der Waals surface area contributed by atoms with Gasteiger partial charge in [0.1, 0.15) is 13.2 Å². The van der Waals surface area contributed by atoms with Crippen LogP contribution in [0.15, 0.2) is 23.1 Å². The first-order chi connectivity index (χ1) is 14.9. The molecule has 1 aromatic carbocycles. The van der Waals surface area contributed by atoms with Crippen LogP contribution in [0.4, 0.5) is 4.79 Å². The maximum absolute atomic E-state index is 12.8. The van der Waals surface area contributed by atoms with Crippen molar-refractivity contribution >= 4 is 34.9 Å². The van der Waals surface area contributed by atoms with Gasteiger partial charge < -0.3 is 14.4 Å². The van der Waals surface area contributed by atoms with E-state index in [2.05, 4.69) is 5.92 Å². The van der Waals surface area contributed by atoms with Gasteiger partial charge in [0.15, 0.2) is 11.5 Å². The minimum Gasteiger partial charge on any atom is -0.490 e. The Balaban J connectivity index is 2.18. The van der Waals surface area contributed by atoms with E-state index in [0.717, 1.165) is 29.5 Å². The minimum atomic E-state index is -0.470. The van der Waals surface area contributed by atoms with Gasteiger partial charge in [-0.25, -0.2) is 0 Å². The van der Waals surface area contributed by atoms with Gasteiger partial charge in [0, 0.05) is 13.1 Å². The Kier molecular flexibility index (Phi) is 9.47. The van der Waals surface area contributed by atoms with E-state index in [-0.39, 0.29) is 24.0 Å². The fourth-order valence-electron chi connectivity index (χ4n) is 3.05. The fraction of sp³-hybridized carbons (Fsp3) is 0.435. The number of carbonyl (C=O) groups is 3. The number of amides is 3.